The highest BCUT2D eigenvalue weighted by Crippen LogP contribution is 2.36. The molecule has 0 aliphatic carbocycles. The van der Waals surface area contributed by atoms with Gasteiger partial charge in [0.1, 0.15) is 5.76 Å². The smallest absolute Gasteiger partial charge is 0.233 e. The van der Waals surface area contributed by atoms with Crippen LogP contribution in [0.2, 0.25) is 0 Å². The molecular weight excluding hydrogens is 186 g/mol. The number of nitrogens with zero attached hydrogens (tertiary/aromatic N) is 1. The minimum atomic E-state index is 0.0734. The van der Waals surface area contributed by atoms with Crippen LogP contribution in [0, 0.1) is 5.92 Å². The van der Waals surface area contributed by atoms with Gasteiger partial charge in [0.05, 0.1) is 17.0 Å². The molecule has 0 aromatic carbocycles. The van der Waals surface area contributed by atoms with E-state index in [1.165, 1.54) is 0 Å². The third-order valence-corrected chi connectivity index (χ3v) is 3.54. The summed E-state index contributed by atoms with van der Waals surface area (Å²) >= 11 is 1.64. The van der Waals surface area contributed by atoms with Gasteiger partial charge in [0.2, 0.25) is 5.91 Å². The van der Waals surface area contributed by atoms with Gasteiger partial charge >= 0.3 is 0 Å². The van der Waals surface area contributed by atoms with Crippen molar-refractivity contribution in [3.8, 4) is 0 Å². The lowest BCUT2D eigenvalue weighted by atomic mass is 10.00. The Morgan fingerprint density at radius 1 is 1.54 bits per heavy atom. The molecule has 0 aromatic rings. The van der Waals surface area contributed by atoms with Gasteiger partial charge in [-0.05, 0) is 20.1 Å². The molecule has 2 atom stereocenters. The largest absolute Gasteiger partial charge is 0.511 e. The number of aliphatic hydroxyl groups excluding tert-OH is 1. The number of rotatable bonds is 2. The van der Waals surface area contributed by atoms with Gasteiger partial charge in [-0.15, -0.1) is 11.8 Å². The first kappa shape index (κ1) is 10.4. The fourth-order valence-electron chi connectivity index (χ4n) is 1.45. The van der Waals surface area contributed by atoms with Crippen LogP contribution in [0.4, 0.5) is 0 Å². The molecule has 1 amide bonds. The van der Waals surface area contributed by atoms with Crippen molar-refractivity contribution in [3.05, 3.63) is 11.5 Å². The first-order valence-corrected chi connectivity index (χ1v) is 5.51. The van der Waals surface area contributed by atoms with Crippen molar-refractivity contribution in [1.29, 1.82) is 0 Å². The number of carbonyl (C=O) groups is 1. The van der Waals surface area contributed by atoms with Crippen LogP contribution in [0.15, 0.2) is 11.5 Å². The third kappa shape index (κ3) is 1.55. The van der Waals surface area contributed by atoms with Crippen LogP contribution in [0.25, 0.3) is 0 Å². The molecule has 1 rings (SSSR count). The average molecular weight is 201 g/mol. The maximum Gasteiger partial charge on any atom is 0.233 e. The lowest BCUT2D eigenvalue weighted by Gasteiger charge is -2.45. The van der Waals surface area contributed by atoms with E-state index in [-0.39, 0.29) is 23.0 Å². The van der Waals surface area contributed by atoms with Gasteiger partial charge in [-0.3, -0.25) is 9.69 Å². The Balaban J connectivity index is 2.83. The van der Waals surface area contributed by atoms with E-state index in [4.69, 9.17) is 0 Å². The number of amides is 1. The van der Waals surface area contributed by atoms with Crippen LogP contribution in [-0.2, 0) is 4.79 Å². The molecule has 0 spiro atoms. The van der Waals surface area contributed by atoms with Crippen molar-refractivity contribution in [2.75, 3.05) is 6.26 Å². The first-order valence-electron chi connectivity index (χ1n) is 4.23. The maximum absolute atomic E-state index is 11.4. The van der Waals surface area contributed by atoms with Crippen molar-refractivity contribution < 1.29 is 9.90 Å². The summed E-state index contributed by atoms with van der Waals surface area (Å²) in [4.78, 5) is 13.1. The van der Waals surface area contributed by atoms with Gasteiger partial charge in [0.15, 0.2) is 0 Å². The van der Waals surface area contributed by atoms with Crippen LogP contribution >= 0.6 is 11.8 Å². The highest BCUT2D eigenvalue weighted by atomic mass is 32.2. The molecule has 13 heavy (non-hydrogen) atoms. The Morgan fingerprint density at radius 2 is 2.08 bits per heavy atom. The minimum Gasteiger partial charge on any atom is -0.511 e. The van der Waals surface area contributed by atoms with Crippen molar-refractivity contribution in [1.82, 2.24) is 4.90 Å². The summed E-state index contributed by atoms with van der Waals surface area (Å²) in [6, 6.07) is 0. The molecule has 74 valence electrons. The highest BCUT2D eigenvalue weighted by Gasteiger charge is 2.44. The second kappa shape index (κ2) is 3.62. The highest BCUT2D eigenvalue weighted by molar-refractivity contribution is 7.99. The Morgan fingerprint density at radius 3 is 2.46 bits per heavy atom. The van der Waals surface area contributed by atoms with E-state index in [1.807, 2.05) is 13.2 Å². The van der Waals surface area contributed by atoms with Gasteiger partial charge < -0.3 is 5.11 Å². The molecule has 1 aliphatic rings. The predicted molar refractivity (Wildman–Crippen MR) is 54.3 cm³/mol. The lowest BCUT2D eigenvalue weighted by Crippen LogP contribution is -2.56. The van der Waals surface area contributed by atoms with E-state index >= 15 is 0 Å². The van der Waals surface area contributed by atoms with E-state index in [9.17, 15) is 9.90 Å². The van der Waals surface area contributed by atoms with Crippen molar-refractivity contribution >= 4 is 17.7 Å². The lowest BCUT2D eigenvalue weighted by molar-refractivity contribution is -0.145. The summed E-state index contributed by atoms with van der Waals surface area (Å²) in [5, 5.41) is 9.44. The average Bonchev–Trinajstić information content (AvgIpc) is 2.10. The third-order valence-electron chi connectivity index (χ3n) is 2.44. The molecule has 0 saturated carbocycles. The summed E-state index contributed by atoms with van der Waals surface area (Å²) in [7, 11) is 0. The molecule has 4 heteroatoms. The zero-order valence-corrected chi connectivity index (χ0v) is 9.18. The second-order valence-electron chi connectivity index (χ2n) is 3.29. The van der Waals surface area contributed by atoms with Gasteiger partial charge in [0.25, 0.3) is 0 Å². The van der Waals surface area contributed by atoms with Crippen molar-refractivity contribution in [2.45, 2.75) is 26.1 Å². The predicted octanol–water partition coefficient (Wildman–Crippen LogP) is 1.96. The maximum atomic E-state index is 11.4. The van der Waals surface area contributed by atoms with Gasteiger partial charge in [-0.1, -0.05) is 6.92 Å². The number of β-lactam (4-membered cyclic amide) rings is 1. The minimum absolute atomic E-state index is 0.0734. The van der Waals surface area contributed by atoms with E-state index in [1.54, 1.807) is 30.5 Å². The zero-order valence-electron chi connectivity index (χ0n) is 8.37. The van der Waals surface area contributed by atoms with E-state index in [2.05, 4.69) is 0 Å². The Kier molecular flexibility index (Phi) is 2.91. The second-order valence-corrected chi connectivity index (χ2v) is 4.25. The van der Waals surface area contributed by atoms with E-state index < -0.39 is 0 Å². The van der Waals surface area contributed by atoms with Crippen molar-refractivity contribution in [2.24, 2.45) is 5.92 Å². The molecule has 1 N–H and O–H groups in total. The summed E-state index contributed by atoms with van der Waals surface area (Å²) in [5.41, 5.74) is 0.669. The SMILES string of the molecule is CSC1C(C)C(=O)N1/C(C)=C(/C)O. The molecule has 1 fully saturated rings. The van der Waals surface area contributed by atoms with E-state index in [0.29, 0.717) is 5.70 Å². The molecule has 0 bridgehead atoms. The van der Waals surface area contributed by atoms with Crippen LogP contribution in [0.1, 0.15) is 20.8 Å². The summed E-state index contributed by atoms with van der Waals surface area (Å²) in [6.45, 7) is 5.28. The molecule has 3 nitrogen and oxygen atoms in total. The number of thioether (sulfide) groups is 1. The Bertz CT molecular complexity index is 258. The van der Waals surface area contributed by atoms with Crippen molar-refractivity contribution in [3.63, 3.8) is 0 Å². The zero-order chi connectivity index (χ0) is 10.2. The van der Waals surface area contributed by atoms with Crippen LogP contribution < -0.4 is 0 Å². The number of hydrogen-bond acceptors (Lipinski definition) is 3. The molecule has 1 saturated heterocycles. The number of aliphatic hydroxyl groups is 1. The topological polar surface area (TPSA) is 40.5 Å². The molecule has 0 aromatic heterocycles. The summed E-state index contributed by atoms with van der Waals surface area (Å²) < 4.78 is 0. The van der Waals surface area contributed by atoms with Crippen LogP contribution in [-0.4, -0.2) is 27.5 Å². The Labute approximate surface area is 82.8 Å². The quantitative estimate of drug-likeness (QED) is 0.548. The van der Waals surface area contributed by atoms with E-state index in [0.717, 1.165) is 0 Å². The fraction of sp³-hybridized carbons (Fsp3) is 0.667. The standard InChI is InChI=1S/C9H15NO2S/c1-5-8(12)10(9(5)13-4)6(2)7(3)11/h5,9,11H,1-4H3/b7-6-. The Hall–Kier alpha value is -0.640. The van der Waals surface area contributed by atoms with Crippen LogP contribution in [0.3, 0.4) is 0 Å². The molecule has 2 unspecified atom stereocenters. The number of allylic oxidation sites excluding steroid dienone is 2. The number of likely N-dealkylation sites (tertiary alicyclic amines) is 1. The normalized spacial score (nSPS) is 29.8. The number of hydrogen-bond donors (Lipinski definition) is 1. The van der Waals surface area contributed by atoms with Gasteiger partial charge in [-0.25, -0.2) is 0 Å². The molecule has 0 radical (unpaired) electrons. The molecular formula is C9H15NO2S. The monoisotopic (exact) mass is 201 g/mol. The summed E-state index contributed by atoms with van der Waals surface area (Å²) in [6.07, 6.45) is 1.97. The fourth-order valence-corrected chi connectivity index (χ4v) is 2.45. The number of carbonyl (C=O) groups excluding carboxylic acids is 1. The molecule has 1 aliphatic heterocycles. The summed E-state index contributed by atoms with van der Waals surface area (Å²) in [5.74, 6) is 0.397. The molecule has 1 heterocycles. The van der Waals surface area contributed by atoms with Gasteiger partial charge in [0, 0.05) is 0 Å². The van der Waals surface area contributed by atoms with Crippen LogP contribution in [0.5, 0.6) is 0 Å². The van der Waals surface area contributed by atoms with Gasteiger partial charge in [-0.2, -0.15) is 0 Å². The first-order chi connectivity index (χ1) is 6.00.